The van der Waals surface area contributed by atoms with E-state index in [0.717, 1.165) is 31.5 Å². The van der Waals surface area contributed by atoms with Crippen LogP contribution in [0, 0.1) is 12.8 Å². The third-order valence-corrected chi connectivity index (χ3v) is 4.44. The van der Waals surface area contributed by atoms with Crippen LogP contribution < -0.4 is 15.2 Å². The van der Waals surface area contributed by atoms with Gasteiger partial charge < -0.3 is 14.2 Å². The maximum Gasteiger partial charge on any atom is 0.293 e. The summed E-state index contributed by atoms with van der Waals surface area (Å²) in [4.78, 5) is 23.3. The third kappa shape index (κ3) is 4.18. The van der Waals surface area contributed by atoms with E-state index in [0.29, 0.717) is 24.2 Å². The van der Waals surface area contributed by atoms with E-state index in [1.165, 1.54) is 0 Å². The van der Waals surface area contributed by atoms with E-state index in [-0.39, 0.29) is 11.7 Å². The number of ether oxygens (including phenoxy) is 1. The van der Waals surface area contributed by atoms with Crippen LogP contribution in [0.2, 0.25) is 0 Å². The fourth-order valence-electron chi connectivity index (χ4n) is 3.13. The summed E-state index contributed by atoms with van der Waals surface area (Å²) in [7, 11) is 0. The molecule has 1 aliphatic heterocycles. The summed E-state index contributed by atoms with van der Waals surface area (Å²) in [5.74, 6) is 1.68. The average molecular weight is 342 g/mol. The monoisotopic (exact) mass is 342 g/mol. The average Bonchev–Trinajstić information content (AvgIpc) is 2.59. The van der Waals surface area contributed by atoms with Crippen molar-refractivity contribution in [1.29, 1.82) is 0 Å². The Morgan fingerprint density at radius 3 is 2.68 bits per heavy atom. The lowest BCUT2D eigenvalue weighted by Crippen LogP contribution is -2.42. The molecule has 0 spiro atoms. The number of aromatic nitrogens is 3. The second-order valence-electron chi connectivity index (χ2n) is 7.03. The molecule has 0 aromatic carbocycles. The Morgan fingerprint density at radius 2 is 2.00 bits per heavy atom. The highest BCUT2D eigenvalue weighted by Gasteiger charge is 2.24. The van der Waals surface area contributed by atoms with Crippen LogP contribution in [0.4, 0.5) is 5.82 Å². The largest absolute Gasteiger partial charge is 0.474 e. The van der Waals surface area contributed by atoms with Gasteiger partial charge in [-0.2, -0.15) is 0 Å². The molecule has 6 heteroatoms. The quantitative estimate of drug-likeness (QED) is 0.836. The van der Waals surface area contributed by atoms with E-state index < -0.39 is 0 Å². The lowest BCUT2D eigenvalue weighted by Gasteiger charge is -2.32. The maximum atomic E-state index is 12.6. The van der Waals surface area contributed by atoms with Crippen LogP contribution in [0.3, 0.4) is 0 Å². The normalized spacial score (nSPS) is 15.6. The second kappa shape index (κ2) is 7.68. The standard InChI is InChI=1S/C19H26N4O2/c1-14(2)13-23-12-9-20-17(19(23)24)22-10-6-16(7-11-22)25-18-15(3)5-4-8-21-18/h4-5,8-9,12,14,16H,6-7,10-11,13H2,1-3H3. The lowest BCUT2D eigenvalue weighted by molar-refractivity contribution is 0.162. The molecule has 0 aliphatic carbocycles. The van der Waals surface area contributed by atoms with Crippen molar-refractivity contribution >= 4 is 5.82 Å². The predicted molar refractivity (Wildman–Crippen MR) is 98.2 cm³/mol. The number of hydrogen-bond donors (Lipinski definition) is 0. The molecule has 2 aromatic heterocycles. The van der Waals surface area contributed by atoms with Gasteiger partial charge in [0.2, 0.25) is 5.88 Å². The topological polar surface area (TPSA) is 60.2 Å². The highest BCUT2D eigenvalue weighted by molar-refractivity contribution is 5.36. The second-order valence-corrected chi connectivity index (χ2v) is 7.03. The zero-order valence-corrected chi connectivity index (χ0v) is 15.2. The SMILES string of the molecule is Cc1cccnc1OC1CCN(c2nccn(CC(C)C)c2=O)CC1. The van der Waals surface area contributed by atoms with E-state index in [2.05, 4.69) is 28.7 Å². The van der Waals surface area contributed by atoms with Gasteiger partial charge in [0.1, 0.15) is 6.10 Å². The number of piperidine rings is 1. The molecule has 2 aromatic rings. The Balaban J connectivity index is 1.65. The summed E-state index contributed by atoms with van der Waals surface area (Å²) in [6.45, 7) is 8.47. The molecule has 3 rings (SSSR count). The third-order valence-electron chi connectivity index (χ3n) is 4.44. The summed E-state index contributed by atoms with van der Waals surface area (Å²) in [5, 5.41) is 0. The zero-order valence-electron chi connectivity index (χ0n) is 15.2. The fraction of sp³-hybridized carbons (Fsp3) is 0.526. The van der Waals surface area contributed by atoms with Gasteiger partial charge in [0, 0.05) is 56.6 Å². The molecule has 1 fully saturated rings. The van der Waals surface area contributed by atoms with Crippen molar-refractivity contribution in [2.45, 2.75) is 46.3 Å². The molecule has 0 bridgehead atoms. The van der Waals surface area contributed by atoms with Gasteiger partial charge in [-0.15, -0.1) is 0 Å². The predicted octanol–water partition coefficient (Wildman–Crippen LogP) is 2.65. The summed E-state index contributed by atoms with van der Waals surface area (Å²) in [5.41, 5.74) is 1.04. The van der Waals surface area contributed by atoms with E-state index in [4.69, 9.17) is 4.74 Å². The zero-order chi connectivity index (χ0) is 17.8. The van der Waals surface area contributed by atoms with Crippen molar-refractivity contribution in [3.8, 4) is 5.88 Å². The number of anilines is 1. The minimum absolute atomic E-state index is 0.00358. The minimum Gasteiger partial charge on any atom is -0.474 e. The number of aryl methyl sites for hydroxylation is 1. The molecule has 3 heterocycles. The number of rotatable bonds is 5. The molecule has 0 atom stereocenters. The Morgan fingerprint density at radius 1 is 1.24 bits per heavy atom. The Bertz CT molecular complexity index is 764. The van der Waals surface area contributed by atoms with Crippen LogP contribution in [-0.2, 0) is 6.54 Å². The Hall–Kier alpha value is -2.37. The van der Waals surface area contributed by atoms with Crippen molar-refractivity contribution in [2.24, 2.45) is 5.92 Å². The summed E-state index contributed by atoms with van der Waals surface area (Å²) in [6.07, 6.45) is 7.09. The number of nitrogens with zero attached hydrogens (tertiary/aromatic N) is 4. The van der Waals surface area contributed by atoms with Gasteiger partial charge in [0.05, 0.1) is 0 Å². The van der Waals surface area contributed by atoms with E-state index in [9.17, 15) is 4.79 Å². The molecular formula is C19H26N4O2. The molecule has 0 N–H and O–H groups in total. The van der Waals surface area contributed by atoms with Crippen molar-refractivity contribution in [3.63, 3.8) is 0 Å². The van der Waals surface area contributed by atoms with Gasteiger partial charge >= 0.3 is 0 Å². The van der Waals surface area contributed by atoms with Crippen molar-refractivity contribution in [2.75, 3.05) is 18.0 Å². The molecule has 0 amide bonds. The van der Waals surface area contributed by atoms with Gasteiger partial charge in [0.15, 0.2) is 5.82 Å². The number of pyridine rings is 1. The van der Waals surface area contributed by atoms with E-state index in [1.807, 2.05) is 19.1 Å². The minimum atomic E-state index is -0.00358. The highest BCUT2D eigenvalue weighted by atomic mass is 16.5. The first-order valence-electron chi connectivity index (χ1n) is 8.93. The molecule has 0 saturated carbocycles. The van der Waals surface area contributed by atoms with Crippen LogP contribution in [0.1, 0.15) is 32.3 Å². The van der Waals surface area contributed by atoms with Gasteiger partial charge in [-0.3, -0.25) is 4.79 Å². The summed E-state index contributed by atoms with van der Waals surface area (Å²) >= 11 is 0. The molecule has 25 heavy (non-hydrogen) atoms. The van der Waals surface area contributed by atoms with Crippen LogP contribution in [-0.4, -0.2) is 33.7 Å². The first-order valence-corrected chi connectivity index (χ1v) is 8.93. The van der Waals surface area contributed by atoms with Crippen molar-refractivity contribution < 1.29 is 4.74 Å². The summed E-state index contributed by atoms with van der Waals surface area (Å²) < 4.78 is 7.79. The Labute approximate surface area is 148 Å². The van der Waals surface area contributed by atoms with Gasteiger partial charge in [-0.1, -0.05) is 19.9 Å². The molecule has 134 valence electrons. The molecule has 6 nitrogen and oxygen atoms in total. The molecular weight excluding hydrogens is 316 g/mol. The first kappa shape index (κ1) is 17.5. The van der Waals surface area contributed by atoms with Gasteiger partial charge in [-0.25, -0.2) is 9.97 Å². The first-order chi connectivity index (χ1) is 12.0. The summed E-state index contributed by atoms with van der Waals surface area (Å²) in [6, 6.07) is 3.91. The van der Waals surface area contributed by atoms with Crippen LogP contribution >= 0.6 is 0 Å². The van der Waals surface area contributed by atoms with E-state index >= 15 is 0 Å². The highest BCUT2D eigenvalue weighted by Crippen LogP contribution is 2.21. The fourth-order valence-corrected chi connectivity index (χ4v) is 3.13. The van der Waals surface area contributed by atoms with Crippen molar-refractivity contribution in [3.05, 3.63) is 46.6 Å². The number of hydrogen-bond acceptors (Lipinski definition) is 5. The van der Waals surface area contributed by atoms with Crippen LogP contribution in [0.15, 0.2) is 35.5 Å². The van der Waals surface area contributed by atoms with Gasteiger partial charge in [-0.05, 0) is 18.9 Å². The molecule has 0 radical (unpaired) electrons. The smallest absolute Gasteiger partial charge is 0.293 e. The molecule has 1 aliphatic rings. The maximum absolute atomic E-state index is 12.6. The van der Waals surface area contributed by atoms with Crippen LogP contribution in [0.25, 0.3) is 0 Å². The molecule has 1 saturated heterocycles. The van der Waals surface area contributed by atoms with Crippen molar-refractivity contribution in [1.82, 2.24) is 14.5 Å². The lowest BCUT2D eigenvalue weighted by atomic mass is 10.1. The van der Waals surface area contributed by atoms with Crippen LogP contribution in [0.5, 0.6) is 5.88 Å². The van der Waals surface area contributed by atoms with Gasteiger partial charge in [0.25, 0.3) is 5.56 Å². The Kier molecular flexibility index (Phi) is 5.36. The van der Waals surface area contributed by atoms with E-state index in [1.54, 1.807) is 23.2 Å². The molecule has 0 unspecified atom stereocenters.